The minimum atomic E-state index is -0.240. The van der Waals surface area contributed by atoms with E-state index in [9.17, 15) is 0 Å². The van der Waals surface area contributed by atoms with Crippen LogP contribution in [-0.4, -0.2) is 20.5 Å². The van der Waals surface area contributed by atoms with Gasteiger partial charge in [-0.05, 0) is 50.3 Å². The molecule has 0 atom stereocenters. The van der Waals surface area contributed by atoms with Crippen LogP contribution in [0.4, 0.5) is 5.82 Å². The SMILES string of the molecule is C=C1NC(C)(C)N2C(=C)C(Nc3ccncn3)=CC(C3CC3)=C12. The molecule has 3 heterocycles. The van der Waals surface area contributed by atoms with Gasteiger partial charge in [-0.2, -0.15) is 0 Å². The van der Waals surface area contributed by atoms with E-state index >= 15 is 0 Å². The topological polar surface area (TPSA) is 53.1 Å². The monoisotopic (exact) mass is 307 g/mol. The summed E-state index contributed by atoms with van der Waals surface area (Å²) in [7, 11) is 0. The van der Waals surface area contributed by atoms with E-state index in [1.54, 1.807) is 12.5 Å². The first kappa shape index (κ1) is 14.1. The highest BCUT2D eigenvalue weighted by molar-refractivity contribution is 5.59. The van der Waals surface area contributed by atoms with Crippen molar-refractivity contribution in [2.75, 3.05) is 5.32 Å². The van der Waals surface area contributed by atoms with Crippen LogP contribution in [-0.2, 0) is 0 Å². The molecular weight excluding hydrogens is 286 g/mol. The van der Waals surface area contributed by atoms with Gasteiger partial charge in [0.25, 0.3) is 0 Å². The highest BCUT2D eigenvalue weighted by atomic mass is 15.4. The number of nitrogens with zero attached hydrogens (tertiary/aromatic N) is 3. The van der Waals surface area contributed by atoms with Gasteiger partial charge < -0.3 is 15.5 Å². The third-order valence-electron chi connectivity index (χ3n) is 4.54. The van der Waals surface area contributed by atoms with Crippen LogP contribution in [0.5, 0.6) is 0 Å². The molecule has 2 fully saturated rings. The first-order valence-electron chi connectivity index (χ1n) is 7.93. The number of allylic oxidation sites excluding steroid dienone is 2. The number of aromatic nitrogens is 2. The molecule has 1 aromatic heterocycles. The van der Waals surface area contributed by atoms with Crippen molar-refractivity contribution in [2.24, 2.45) is 5.92 Å². The lowest BCUT2D eigenvalue weighted by atomic mass is 9.99. The molecule has 1 saturated heterocycles. The first-order chi connectivity index (χ1) is 11.0. The summed E-state index contributed by atoms with van der Waals surface area (Å²) in [6.07, 6.45) is 7.96. The molecule has 1 aromatic rings. The highest BCUT2D eigenvalue weighted by Crippen LogP contribution is 2.48. The maximum atomic E-state index is 4.32. The second-order valence-corrected chi connectivity index (χ2v) is 6.80. The van der Waals surface area contributed by atoms with Crippen molar-refractivity contribution in [1.82, 2.24) is 20.2 Å². The van der Waals surface area contributed by atoms with Crippen LogP contribution < -0.4 is 10.6 Å². The molecule has 0 spiro atoms. The van der Waals surface area contributed by atoms with Gasteiger partial charge in [-0.25, -0.2) is 9.97 Å². The van der Waals surface area contributed by atoms with Crippen LogP contribution in [0.3, 0.4) is 0 Å². The summed E-state index contributed by atoms with van der Waals surface area (Å²) in [5.41, 5.74) is 5.19. The van der Waals surface area contributed by atoms with E-state index in [1.165, 1.54) is 24.1 Å². The van der Waals surface area contributed by atoms with Crippen LogP contribution in [0.1, 0.15) is 26.7 Å². The van der Waals surface area contributed by atoms with Crippen molar-refractivity contribution in [3.05, 3.63) is 66.2 Å². The number of anilines is 1. The van der Waals surface area contributed by atoms with Gasteiger partial charge in [0.2, 0.25) is 0 Å². The maximum absolute atomic E-state index is 4.32. The van der Waals surface area contributed by atoms with E-state index in [0.29, 0.717) is 5.92 Å². The quantitative estimate of drug-likeness (QED) is 0.898. The molecule has 2 aliphatic heterocycles. The fraction of sp³-hybridized carbons (Fsp3) is 0.333. The van der Waals surface area contributed by atoms with Crippen LogP contribution in [0.25, 0.3) is 0 Å². The lowest BCUT2D eigenvalue weighted by Crippen LogP contribution is -2.46. The second-order valence-electron chi connectivity index (χ2n) is 6.80. The van der Waals surface area contributed by atoms with Crippen molar-refractivity contribution in [2.45, 2.75) is 32.4 Å². The second kappa shape index (κ2) is 4.72. The van der Waals surface area contributed by atoms with E-state index in [1.807, 2.05) is 6.07 Å². The fourth-order valence-corrected chi connectivity index (χ4v) is 3.42. The smallest absolute Gasteiger partial charge is 0.133 e. The summed E-state index contributed by atoms with van der Waals surface area (Å²) in [5, 5.41) is 6.87. The Kier molecular flexibility index (Phi) is 2.88. The Morgan fingerprint density at radius 3 is 2.78 bits per heavy atom. The number of fused-ring (bicyclic) bond motifs is 1. The average Bonchev–Trinajstić information content (AvgIpc) is 3.30. The fourth-order valence-electron chi connectivity index (χ4n) is 3.42. The molecule has 5 nitrogen and oxygen atoms in total. The number of hydrogen-bond donors (Lipinski definition) is 2. The molecule has 2 N–H and O–H groups in total. The standard InChI is InChI=1S/C18H21N5/c1-11-17-14(13-5-6-13)9-15(21-16-7-8-19-10-20-16)12(2)23(17)18(3,4)22-11/h7-10,13,22H,1-2,5-6H2,3-4H3,(H,19,20,21). The molecule has 1 aliphatic carbocycles. The van der Waals surface area contributed by atoms with Gasteiger partial charge in [0.05, 0.1) is 22.8 Å². The van der Waals surface area contributed by atoms with Crippen LogP contribution in [0, 0.1) is 5.92 Å². The molecule has 3 aliphatic rings. The predicted octanol–water partition coefficient (Wildman–Crippen LogP) is 3.12. The Labute approximate surface area is 136 Å². The van der Waals surface area contributed by atoms with Crippen LogP contribution in [0.15, 0.2) is 66.2 Å². The highest BCUT2D eigenvalue weighted by Gasteiger charge is 2.45. The van der Waals surface area contributed by atoms with Gasteiger partial charge in [-0.1, -0.05) is 13.2 Å². The van der Waals surface area contributed by atoms with Crippen molar-refractivity contribution >= 4 is 5.82 Å². The zero-order valence-corrected chi connectivity index (χ0v) is 13.6. The Balaban J connectivity index is 1.78. The number of nitrogens with one attached hydrogen (secondary N) is 2. The normalized spacial score (nSPS) is 22.7. The molecule has 0 radical (unpaired) electrons. The van der Waals surface area contributed by atoms with Crippen molar-refractivity contribution in [3.63, 3.8) is 0 Å². The van der Waals surface area contributed by atoms with E-state index in [4.69, 9.17) is 0 Å². The molecule has 0 aromatic carbocycles. The molecule has 4 rings (SSSR count). The Bertz CT molecular complexity index is 753. The third kappa shape index (κ3) is 2.23. The summed E-state index contributed by atoms with van der Waals surface area (Å²) >= 11 is 0. The van der Waals surface area contributed by atoms with E-state index < -0.39 is 0 Å². The zero-order chi connectivity index (χ0) is 16.2. The largest absolute Gasteiger partial charge is 0.362 e. The summed E-state index contributed by atoms with van der Waals surface area (Å²) in [6.45, 7) is 12.8. The lowest BCUT2D eigenvalue weighted by Gasteiger charge is -2.38. The van der Waals surface area contributed by atoms with Crippen molar-refractivity contribution in [3.8, 4) is 0 Å². The molecule has 1 saturated carbocycles. The summed E-state index contributed by atoms with van der Waals surface area (Å²) in [6, 6.07) is 1.86. The average molecular weight is 307 g/mol. The number of rotatable bonds is 3. The Hall–Kier alpha value is -2.56. The molecule has 5 heteroatoms. The van der Waals surface area contributed by atoms with E-state index in [-0.39, 0.29) is 5.66 Å². The van der Waals surface area contributed by atoms with Gasteiger partial charge in [-0.3, -0.25) is 0 Å². The minimum absolute atomic E-state index is 0.240. The molecular formula is C18H21N5. The summed E-state index contributed by atoms with van der Waals surface area (Å²) in [4.78, 5) is 10.5. The van der Waals surface area contributed by atoms with Gasteiger partial charge in [0.15, 0.2) is 0 Å². The van der Waals surface area contributed by atoms with Gasteiger partial charge in [0, 0.05) is 6.20 Å². The van der Waals surface area contributed by atoms with E-state index in [0.717, 1.165) is 22.9 Å². The Morgan fingerprint density at radius 1 is 1.35 bits per heavy atom. The van der Waals surface area contributed by atoms with Crippen LogP contribution >= 0.6 is 0 Å². The van der Waals surface area contributed by atoms with Gasteiger partial charge in [-0.15, -0.1) is 0 Å². The molecule has 118 valence electrons. The molecule has 0 bridgehead atoms. The zero-order valence-electron chi connectivity index (χ0n) is 13.6. The summed E-state index contributed by atoms with van der Waals surface area (Å²) < 4.78 is 0. The van der Waals surface area contributed by atoms with Gasteiger partial charge in [0.1, 0.15) is 17.8 Å². The maximum Gasteiger partial charge on any atom is 0.133 e. The van der Waals surface area contributed by atoms with Crippen molar-refractivity contribution < 1.29 is 0 Å². The van der Waals surface area contributed by atoms with Gasteiger partial charge >= 0.3 is 0 Å². The third-order valence-corrected chi connectivity index (χ3v) is 4.54. The first-order valence-corrected chi connectivity index (χ1v) is 7.93. The number of hydrogen-bond acceptors (Lipinski definition) is 5. The Morgan fingerprint density at radius 2 is 2.13 bits per heavy atom. The molecule has 0 unspecified atom stereocenters. The summed E-state index contributed by atoms with van der Waals surface area (Å²) in [5.74, 6) is 1.39. The lowest BCUT2D eigenvalue weighted by molar-refractivity contribution is 0.232. The van der Waals surface area contributed by atoms with Crippen molar-refractivity contribution in [1.29, 1.82) is 0 Å². The molecule has 0 amide bonds. The minimum Gasteiger partial charge on any atom is -0.362 e. The van der Waals surface area contributed by atoms with E-state index in [2.05, 4.69) is 58.6 Å². The van der Waals surface area contributed by atoms with Crippen LogP contribution in [0.2, 0.25) is 0 Å². The predicted molar refractivity (Wildman–Crippen MR) is 90.8 cm³/mol. The molecule has 23 heavy (non-hydrogen) atoms.